The molecule has 0 aromatic heterocycles. The predicted octanol–water partition coefficient (Wildman–Crippen LogP) is 0.985. The molecule has 104 valence electrons. The molecular formula is C14H13ClN2O3. The maximum atomic E-state index is 8.90. The van der Waals surface area contributed by atoms with Gasteiger partial charge in [-0.1, -0.05) is 18.2 Å². The zero-order valence-electron chi connectivity index (χ0n) is 11.0. The number of hydrogen-bond acceptors (Lipinski definition) is 4. The van der Waals surface area contributed by atoms with Gasteiger partial charge in [-0.25, -0.2) is 0 Å². The van der Waals surface area contributed by atoms with Crippen molar-refractivity contribution in [2.24, 2.45) is 0 Å². The third kappa shape index (κ3) is 3.31. The lowest BCUT2D eigenvalue weighted by Gasteiger charge is -2.10. The highest BCUT2D eigenvalue weighted by Gasteiger charge is 2.21. The van der Waals surface area contributed by atoms with Crippen LogP contribution in [-0.2, 0) is 0 Å². The molecule has 0 fully saturated rings. The van der Waals surface area contributed by atoms with Crippen LogP contribution in [0.2, 0.25) is 0 Å². The number of benzene rings is 2. The van der Waals surface area contributed by atoms with Gasteiger partial charge in [0.25, 0.3) is 0 Å². The summed E-state index contributed by atoms with van der Waals surface area (Å²) in [5.41, 5.74) is 0.278. The molecule has 0 aliphatic heterocycles. The standard InChI is InChI=1S/C14H13N2O3.ClH/c1-17-12-9-14(13(18-2)8-11(12)16-15)19-10-6-4-3-5-7-10;/h3-9H,1-2H3;1H/q+1;/p-1. The van der Waals surface area contributed by atoms with E-state index in [1.807, 2.05) is 30.3 Å². The molecule has 0 saturated heterocycles. The molecule has 0 spiro atoms. The van der Waals surface area contributed by atoms with Crippen molar-refractivity contribution in [3.05, 3.63) is 47.4 Å². The van der Waals surface area contributed by atoms with E-state index in [1.54, 1.807) is 6.07 Å². The lowest BCUT2D eigenvalue weighted by Crippen LogP contribution is -3.00. The van der Waals surface area contributed by atoms with Gasteiger partial charge in [-0.05, 0) is 12.1 Å². The fourth-order valence-corrected chi connectivity index (χ4v) is 1.63. The Kier molecular flexibility index (Phi) is 5.63. The predicted molar refractivity (Wildman–Crippen MR) is 70.8 cm³/mol. The van der Waals surface area contributed by atoms with Crippen LogP contribution < -0.4 is 26.6 Å². The average Bonchev–Trinajstić information content (AvgIpc) is 2.47. The highest BCUT2D eigenvalue weighted by atomic mass is 35.5. The Balaban J connectivity index is 0.00000200. The number of diazo groups is 1. The summed E-state index contributed by atoms with van der Waals surface area (Å²) in [6, 6.07) is 12.5. The smallest absolute Gasteiger partial charge is 0.430 e. The molecule has 0 bridgehead atoms. The monoisotopic (exact) mass is 292 g/mol. The lowest BCUT2D eigenvalue weighted by atomic mass is 10.2. The second-order valence-corrected chi connectivity index (χ2v) is 3.69. The van der Waals surface area contributed by atoms with Crippen molar-refractivity contribution >= 4 is 5.69 Å². The Morgan fingerprint density at radius 1 is 0.900 bits per heavy atom. The summed E-state index contributed by atoms with van der Waals surface area (Å²) in [7, 11) is 3.00. The molecule has 0 aliphatic carbocycles. The number of rotatable bonds is 4. The number of nitrogens with zero attached hydrogens (tertiary/aromatic N) is 2. The molecule has 20 heavy (non-hydrogen) atoms. The number of halogens is 1. The molecule has 0 heterocycles. The van der Waals surface area contributed by atoms with Crippen LogP contribution in [0.25, 0.3) is 4.98 Å². The van der Waals surface area contributed by atoms with Gasteiger partial charge in [0.05, 0.1) is 20.3 Å². The Morgan fingerprint density at radius 3 is 2.10 bits per heavy atom. The molecule has 0 aliphatic rings. The van der Waals surface area contributed by atoms with Crippen LogP contribution in [0, 0.1) is 5.39 Å². The van der Waals surface area contributed by atoms with Gasteiger partial charge in [-0.15, -0.1) is 0 Å². The molecular weight excluding hydrogens is 280 g/mol. The third-order valence-corrected chi connectivity index (χ3v) is 2.54. The van der Waals surface area contributed by atoms with Gasteiger partial charge >= 0.3 is 5.69 Å². The van der Waals surface area contributed by atoms with Crippen LogP contribution in [0.3, 0.4) is 0 Å². The Morgan fingerprint density at radius 2 is 1.55 bits per heavy atom. The van der Waals surface area contributed by atoms with Gasteiger partial charge in [-0.3, -0.25) is 0 Å². The summed E-state index contributed by atoms with van der Waals surface area (Å²) in [6.45, 7) is 0. The molecule has 0 radical (unpaired) electrons. The molecule has 2 rings (SSSR count). The van der Waals surface area contributed by atoms with E-state index in [2.05, 4.69) is 4.98 Å². The minimum atomic E-state index is 0. The minimum Gasteiger partial charge on any atom is -1.00 e. The van der Waals surface area contributed by atoms with E-state index in [0.29, 0.717) is 23.0 Å². The molecule has 0 saturated carbocycles. The van der Waals surface area contributed by atoms with Crippen LogP contribution >= 0.6 is 0 Å². The average molecular weight is 293 g/mol. The molecule has 2 aromatic carbocycles. The van der Waals surface area contributed by atoms with Crippen molar-refractivity contribution in [2.45, 2.75) is 0 Å². The van der Waals surface area contributed by atoms with Crippen molar-refractivity contribution in [1.82, 2.24) is 0 Å². The molecule has 0 unspecified atom stereocenters. The topological polar surface area (TPSA) is 55.8 Å². The van der Waals surface area contributed by atoms with E-state index >= 15 is 0 Å². The second-order valence-electron chi connectivity index (χ2n) is 3.69. The number of ether oxygens (including phenoxy) is 3. The van der Waals surface area contributed by atoms with E-state index < -0.39 is 0 Å². The largest absolute Gasteiger partial charge is 1.00 e. The summed E-state index contributed by atoms with van der Waals surface area (Å²) in [5.74, 6) is 2.01. The number of hydrogen-bond donors (Lipinski definition) is 0. The fourth-order valence-electron chi connectivity index (χ4n) is 1.63. The van der Waals surface area contributed by atoms with Crippen molar-refractivity contribution in [2.75, 3.05) is 14.2 Å². The molecule has 5 nitrogen and oxygen atoms in total. The van der Waals surface area contributed by atoms with Crippen LogP contribution in [0.4, 0.5) is 5.69 Å². The van der Waals surface area contributed by atoms with E-state index in [1.165, 1.54) is 20.3 Å². The van der Waals surface area contributed by atoms with Crippen molar-refractivity contribution in [3.8, 4) is 23.0 Å². The quantitative estimate of drug-likeness (QED) is 0.789. The van der Waals surface area contributed by atoms with Gasteiger partial charge in [-0.2, -0.15) is 0 Å². The highest BCUT2D eigenvalue weighted by Crippen LogP contribution is 2.41. The van der Waals surface area contributed by atoms with Crippen LogP contribution in [0.5, 0.6) is 23.0 Å². The molecule has 0 N–H and O–H groups in total. The lowest BCUT2D eigenvalue weighted by molar-refractivity contribution is -0.00000508. The Labute approximate surface area is 123 Å². The first-order valence-electron chi connectivity index (χ1n) is 5.62. The van der Waals surface area contributed by atoms with Gasteiger partial charge in [0.1, 0.15) is 5.75 Å². The zero-order chi connectivity index (χ0) is 13.7. The van der Waals surface area contributed by atoms with Crippen LogP contribution in [0.15, 0.2) is 42.5 Å². The van der Waals surface area contributed by atoms with Gasteiger partial charge in [0.15, 0.2) is 16.5 Å². The van der Waals surface area contributed by atoms with Crippen LogP contribution in [-0.4, -0.2) is 14.2 Å². The number of para-hydroxylation sites is 1. The van der Waals surface area contributed by atoms with Crippen LogP contribution in [0.1, 0.15) is 0 Å². The molecule has 0 amide bonds. The summed E-state index contributed by atoms with van der Waals surface area (Å²) < 4.78 is 16.0. The van der Waals surface area contributed by atoms with Crippen molar-refractivity contribution < 1.29 is 26.6 Å². The minimum absolute atomic E-state index is 0. The maximum absolute atomic E-state index is 8.90. The van der Waals surface area contributed by atoms with E-state index in [-0.39, 0.29) is 18.1 Å². The zero-order valence-corrected chi connectivity index (χ0v) is 11.8. The van der Waals surface area contributed by atoms with Crippen molar-refractivity contribution in [3.63, 3.8) is 0 Å². The fraction of sp³-hybridized carbons (Fsp3) is 0.143. The Hall–Kier alpha value is -2.45. The molecule has 0 atom stereocenters. The van der Waals surface area contributed by atoms with Gasteiger partial charge < -0.3 is 26.6 Å². The van der Waals surface area contributed by atoms with E-state index in [4.69, 9.17) is 19.6 Å². The first-order valence-corrected chi connectivity index (χ1v) is 5.62. The summed E-state index contributed by atoms with van der Waals surface area (Å²) in [6.07, 6.45) is 0. The summed E-state index contributed by atoms with van der Waals surface area (Å²) >= 11 is 0. The van der Waals surface area contributed by atoms with Crippen molar-refractivity contribution in [1.29, 1.82) is 5.39 Å². The number of methoxy groups -OCH3 is 2. The van der Waals surface area contributed by atoms with Gasteiger partial charge in [0, 0.05) is 6.07 Å². The van der Waals surface area contributed by atoms with E-state index in [0.717, 1.165) is 0 Å². The molecule has 2 aromatic rings. The first kappa shape index (κ1) is 15.6. The second kappa shape index (κ2) is 7.22. The van der Waals surface area contributed by atoms with E-state index in [9.17, 15) is 0 Å². The Bertz CT molecular complexity index is 612. The highest BCUT2D eigenvalue weighted by molar-refractivity contribution is 5.65. The first-order chi connectivity index (χ1) is 9.28. The maximum Gasteiger partial charge on any atom is 0.430 e. The normalized spacial score (nSPS) is 9.05. The summed E-state index contributed by atoms with van der Waals surface area (Å²) in [4.78, 5) is 3.14. The summed E-state index contributed by atoms with van der Waals surface area (Å²) in [5, 5.41) is 8.90. The molecule has 6 heteroatoms. The third-order valence-electron chi connectivity index (χ3n) is 2.54. The SMILES string of the molecule is COc1cc(Oc2ccccc2)c(OC)cc1[N+]#N.[Cl-]. The van der Waals surface area contributed by atoms with Gasteiger partial charge in [0.2, 0.25) is 11.1 Å².